The van der Waals surface area contributed by atoms with E-state index in [1.165, 1.54) is 0 Å². The monoisotopic (exact) mass is 398 g/mol. The number of nitrogens with zero attached hydrogens (tertiary/aromatic N) is 2. The zero-order valence-corrected chi connectivity index (χ0v) is 16.3. The first-order valence-electron chi connectivity index (χ1n) is 8.27. The molecule has 0 aliphatic heterocycles. The molecule has 0 amide bonds. The molecule has 0 bridgehead atoms. The van der Waals surface area contributed by atoms with Gasteiger partial charge in [-0.25, -0.2) is 9.64 Å². The van der Waals surface area contributed by atoms with Gasteiger partial charge in [0.05, 0.1) is 6.57 Å². The average molecular weight is 399 g/mol. The third-order valence-electron chi connectivity index (χ3n) is 4.55. The molecule has 27 heavy (non-hydrogen) atoms. The van der Waals surface area contributed by atoms with Gasteiger partial charge in [-0.3, -0.25) is 0 Å². The Morgan fingerprint density at radius 3 is 2.33 bits per heavy atom. The summed E-state index contributed by atoms with van der Waals surface area (Å²) in [7, 11) is 1.68. The summed E-state index contributed by atoms with van der Waals surface area (Å²) in [5.74, 6) is -1.06. The number of benzene rings is 2. The maximum Gasteiger partial charge on any atom is 0.351 e. The van der Waals surface area contributed by atoms with Crippen molar-refractivity contribution in [1.29, 1.82) is 0 Å². The lowest BCUT2D eigenvalue weighted by Crippen LogP contribution is -2.07. The van der Waals surface area contributed by atoms with Crippen molar-refractivity contribution in [3.05, 3.63) is 75.3 Å². The van der Waals surface area contributed by atoms with Crippen LogP contribution in [0.2, 0.25) is 10.0 Å². The van der Waals surface area contributed by atoms with Gasteiger partial charge in [0.1, 0.15) is 5.69 Å². The number of carboxylic acid groups (broad SMARTS) is 1. The van der Waals surface area contributed by atoms with Crippen molar-refractivity contribution < 1.29 is 9.90 Å². The molecular formula is C21H16Cl2N2O2. The van der Waals surface area contributed by atoms with Crippen LogP contribution in [-0.2, 0) is 13.5 Å². The highest BCUT2D eigenvalue weighted by molar-refractivity contribution is 6.35. The lowest BCUT2D eigenvalue weighted by atomic mass is 9.99. The second kappa shape index (κ2) is 7.48. The second-order valence-electron chi connectivity index (χ2n) is 6.05. The normalized spacial score (nSPS) is 10.6. The van der Waals surface area contributed by atoms with Crippen LogP contribution in [0, 0.1) is 6.57 Å². The van der Waals surface area contributed by atoms with E-state index in [2.05, 4.69) is 4.85 Å². The number of halogens is 2. The Kier molecular flexibility index (Phi) is 5.27. The van der Waals surface area contributed by atoms with Crippen molar-refractivity contribution in [3.8, 4) is 22.3 Å². The molecule has 4 nitrogen and oxygen atoms in total. The lowest BCUT2D eigenvalue weighted by molar-refractivity contribution is 0.0687. The Hall–Kier alpha value is -2.74. The zero-order chi connectivity index (χ0) is 19.7. The van der Waals surface area contributed by atoms with Gasteiger partial charge in [-0.1, -0.05) is 54.4 Å². The van der Waals surface area contributed by atoms with Crippen molar-refractivity contribution in [2.75, 3.05) is 0 Å². The second-order valence-corrected chi connectivity index (χ2v) is 6.89. The van der Waals surface area contributed by atoms with Gasteiger partial charge < -0.3 is 9.67 Å². The van der Waals surface area contributed by atoms with E-state index in [1.54, 1.807) is 29.8 Å². The number of aromatic carboxylic acids is 1. The third kappa shape index (κ3) is 3.32. The Morgan fingerprint density at radius 1 is 1.15 bits per heavy atom. The average Bonchev–Trinajstić information content (AvgIpc) is 2.95. The molecular weight excluding hydrogens is 383 g/mol. The van der Waals surface area contributed by atoms with E-state index in [4.69, 9.17) is 29.8 Å². The fourth-order valence-electron chi connectivity index (χ4n) is 3.30. The molecule has 6 heteroatoms. The van der Waals surface area contributed by atoms with Crippen LogP contribution >= 0.6 is 23.2 Å². The summed E-state index contributed by atoms with van der Waals surface area (Å²) in [6, 6.07) is 12.6. The van der Waals surface area contributed by atoms with Gasteiger partial charge in [0, 0.05) is 33.9 Å². The molecule has 0 radical (unpaired) electrons. The molecule has 0 spiro atoms. The highest BCUT2D eigenvalue weighted by atomic mass is 35.5. The summed E-state index contributed by atoms with van der Waals surface area (Å²) in [4.78, 5) is 15.4. The van der Waals surface area contributed by atoms with Crippen LogP contribution in [0.3, 0.4) is 0 Å². The Bertz CT molecular complexity index is 1080. The predicted octanol–water partition coefficient (Wildman–Crippen LogP) is 6.48. The van der Waals surface area contributed by atoms with Gasteiger partial charge >= 0.3 is 5.97 Å². The quantitative estimate of drug-likeness (QED) is 0.511. The van der Waals surface area contributed by atoms with Gasteiger partial charge in [-0.15, -0.1) is 0 Å². The van der Waals surface area contributed by atoms with Gasteiger partial charge in [0.15, 0.2) is 0 Å². The fraction of sp³-hybridized carbons (Fsp3) is 0.143. The minimum absolute atomic E-state index is 0.117. The van der Waals surface area contributed by atoms with E-state index in [0.29, 0.717) is 39.0 Å². The van der Waals surface area contributed by atoms with Crippen LogP contribution in [0.4, 0.5) is 5.69 Å². The van der Waals surface area contributed by atoms with Crippen LogP contribution in [0.25, 0.3) is 27.1 Å². The van der Waals surface area contributed by atoms with E-state index >= 15 is 0 Å². The first kappa shape index (κ1) is 19.0. The number of hydrogen-bond acceptors (Lipinski definition) is 1. The summed E-state index contributed by atoms with van der Waals surface area (Å²) < 4.78 is 1.59. The number of hydrogen-bond donors (Lipinski definition) is 1. The molecule has 0 unspecified atom stereocenters. The van der Waals surface area contributed by atoms with Gasteiger partial charge in [0.2, 0.25) is 5.69 Å². The van der Waals surface area contributed by atoms with Crippen LogP contribution in [0.5, 0.6) is 0 Å². The smallest absolute Gasteiger partial charge is 0.351 e. The van der Waals surface area contributed by atoms with E-state index < -0.39 is 5.97 Å². The minimum Gasteiger partial charge on any atom is -0.477 e. The summed E-state index contributed by atoms with van der Waals surface area (Å²) in [5.41, 5.74) is 3.98. The Balaban J connectivity index is 2.18. The third-order valence-corrected chi connectivity index (χ3v) is 5.11. The fourth-order valence-corrected chi connectivity index (χ4v) is 3.70. The minimum atomic E-state index is -1.06. The molecule has 3 aromatic rings. The molecule has 1 N–H and O–H groups in total. The van der Waals surface area contributed by atoms with E-state index in [-0.39, 0.29) is 5.69 Å². The van der Waals surface area contributed by atoms with Crippen molar-refractivity contribution in [1.82, 2.24) is 4.57 Å². The first-order valence-corrected chi connectivity index (χ1v) is 9.02. The van der Waals surface area contributed by atoms with Crippen LogP contribution in [0.15, 0.2) is 42.5 Å². The van der Waals surface area contributed by atoms with Crippen molar-refractivity contribution in [3.63, 3.8) is 0 Å². The summed E-state index contributed by atoms with van der Waals surface area (Å²) >= 11 is 12.3. The molecule has 2 aromatic carbocycles. The molecule has 1 aromatic heterocycles. The molecule has 136 valence electrons. The largest absolute Gasteiger partial charge is 0.477 e. The Morgan fingerprint density at radius 2 is 1.78 bits per heavy atom. The molecule has 0 saturated carbocycles. The van der Waals surface area contributed by atoms with Crippen molar-refractivity contribution in [2.24, 2.45) is 7.05 Å². The zero-order valence-electron chi connectivity index (χ0n) is 14.8. The SMILES string of the molecule is [C-]#[N+]c1c(-c2ccc(-c3cc(Cl)ccc3Cl)cc2)c(C(=O)O)n(C)c1CC. The summed E-state index contributed by atoms with van der Waals surface area (Å²) in [6.45, 7) is 9.45. The lowest BCUT2D eigenvalue weighted by Gasteiger charge is -2.08. The number of carboxylic acids is 1. The van der Waals surface area contributed by atoms with E-state index in [0.717, 1.165) is 11.1 Å². The van der Waals surface area contributed by atoms with Crippen LogP contribution < -0.4 is 0 Å². The topological polar surface area (TPSA) is 46.6 Å². The van der Waals surface area contributed by atoms with E-state index in [9.17, 15) is 9.90 Å². The molecule has 1 heterocycles. The van der Waals surface area contributed by atoms with Crippen LogP contribution in [-0.4, -0.2) is 15.6 Å². The molecule has 0 fully saturated rings. The van der Waals surface area contributed by atoms with Gasteiger partial charge in [0.25, 0.3) is 0 Å². The van der Waals surface area contributed by atoms with E-state index in [1.807, 2.05) is 31.2 Å². The van der Waals surface area contributed by atoms with Gasteiger partial charge in [-0.05, 0) is 35.7 Å². The molecule has 0 aliphatic carbocycles. The number of aromatic nitrogens is 1. The number of rotatable bonds is 4. The predicted molar refractivity (Wildman–Crippen MR) is 109 cm³/mol. The summed E-state index contributed by atoms with van der Waals surface area (Å²) in [6.07, 6.45) is 0.574. The first-order chi connectivity index (χ1) is 12.9. The van der Waals surface area contributed by atoms with Gasteiger partial charge in [-0.2, -0.15) is 0 Å². The van der Waals surface area contributed by atoms with Crippen molar-refractivity contribution in [2.45, 2.75) is 13.3 Å². The maximum atomic E-state index is 11.8. The van der Waals surface area contributed by atoms with Crippen LogP contribution in [0.1, 0.15) is 23.1 Å². The Labute approximate surface area is 167 Å². The molecule has 3 rings (SSSR count). The highest BCUT2D eigenvalue weighted by Gasteiger charge is 2.25. The number of carbonyl (C=O) groups is 1. The molecule has 0 atom stereocenters. The van der Waals surface area contributed by atoms with Crippen molar-refractivity contribution >= 4 is 34.9 Å². The highest BCUT2D eigenvalue weighted by Crippen LogP contribution is 2.40. The molecule has 0 aliphatic rings. The standard InChI is InChI=1S/C21H16Cl2N2O2/c1-4-17-19(24-2)18(20(21(26)27)25(17)3)13-7-5-12(6-8-13)15-11-14(22)9-10-16(15)23/h5-11H,4H2,1,3H3,(H,26,27). The summed E-state index contributed by atoms with van der Waals surface area (Å²) in [5, 5.41) is 10.8. The molecule has 0 saturated heterocycles. The maximum absolute atomic E-state index is 11.8.